The van der Waals surface area contributed by atoms with Crippen molar-refractivity contribution in [3.05, 3.63) is 60.3 Å². The summed E-state index contributed by atoms with van der Waals surface area (Å²) in [6, 6.07) is 13.6. The van der Waals surface area contributed by atoms with Crippen molar-refractivity contribution >= 4 is 11.5 Å². The Bertz CT molecular complexity index is 630. The summed E-state index contributed by atoms with van der Waals surface area (Å²) in [5.41, 5.74) is 3.84. The number of aryl methyl sites for hydroxylation is 1. The molecular weight excluding hydrogens is 250 g/mol. The number of carbonyl (C=O) groups is 1. The second-order valence-corrected chi connectivity index (χ2v) is 4.47. The highest BCUT2D eigenvalue weighted by atomic mass is 16.5. The average Bonchev–Trinajstić information content (AvgIpc) is 2.47. The molecular formula is C17H17NO2. The second kappa shape index (κ2) is 6.15. The summed E-state index contributed by atoms with van der Waals surface area (Å²) < 4.78 is 4.94. The van der Waals surface area contributed by atoms with Crippen LogP contribution in [0, 0.1) is 6.92 Å². The van der Waals surface area contributed by atoms with Crippen molar-refractivity contribution in [2.75, 3.05) is 6.61 Å². The lowest BCUT2D eigenvalue weighted by Crippen LogP contribution is -2.07. The molecule has 0 radical (unpaired) electrons. The summed E-state index contributed by atoms with van der Waals surface area (Å²) in [4.78, 5) is 16.1. The molecule has 0 amide bonds. The Hall–Kier alpha value is -2.42. The standard InChI is InChI=1S/C17H17NO2/c1-4-20-17(19)13(3)15-6-5-7-16(18-15)14-10-8-12(2)9-11-14/h5-11H,3-4H2,1-2H3. The van der Waals surface area contributed by atoms with Crippen LogP contribution in [0.1, 0.15) is 18.2 Å². The van der Waals surface area contributed by atoms with Crippen LogP contribution < -0.4 is 0 Å². The smallest absolute Gasteiger partial charge is 0.339 e. The van der Waals surface area contributed by atoms with Crippen LogP contribution >= 0.6 is 0 Å². The summed E-state index contributed by atoms with van der Waals surface area (Å²) in [7, 11) is 0. The third-order valence-electron chi connectivity index (χ3n) is 2.93. The molecule has 0 spiro atoms. The number of rotatable bonds is 4. The van der Waals surface area contributed by atoms with E-state index in [1.165, 1.54) is 5.56 Å². The third-order valence-corrected chi connectivity index (χ3v) is 2.93. The molecule has 3 heteroatoms. The van der Waals surface area contributed by atoms with Gasteiger partial charge in [-0.25, -0.2) is 9.78 Å². The zero-order valence-corrected chi connectivity index (χ0v) is 11.7. The van der Waals surface area contributed by atoms with Crippen molar-refractivity contribution in [2.24, 2.45) is 0 Å². The van der Waals surface area contributed by atoms with Crippen LogP contribution in [-0.4, -0.2) is 17.6 Å². The normalized spacial score (nSPS) is 10.1. The van der Waals surface area contributed by atoms with Gasteiger partial charge in [-0.3, -0.25) is 0 Å². The summed E-state index contributed by atoms with van der Waals surface area (Å²) in [6.07, 6.45) is 0. The molecule has 1 aromatic carbocycles. The Balaban J connectivity index is 2.30. The Kier molecular flexibility index (Phi) is 4.31. The molecule has 20 heavy (non-hydrogen) atoms. The Morgan fingerprint density at radius 2 is 1.90 bits per heavy atom. The van der Waals surface area contributed by atoms with Gasteiger partial charge in [0.1, 0.15) is 0 Å². The average molecular weight is 267 g/mol. The molecule has 0 saturated carbocycles. The van der Waals surface area contributed by atoms with Crippen molar-refractivity contribution in [3.63, 3.8) is 0 Å². The predicted octanol–water partition coefficient (Wildman–Crippen LogP) is 3.63. The van der Waals surface area contributed by atoms with Crippen LogP contribution in [0.3, 0.4) is 0 Å². The fourth-order valence-electron chi connectivity index (χ4n) is 1.81. The van der Waals surface area contributed by atoms with Gasteiger partial charge < -0.3 is 4.74 Å². The van der Waals surface area contributed by atoms with Crippen LogP contribution in [0.15, 0.2) is 49.0 Å². The maximum atomic E-state index is 11.7. The van der Waals surface area contributed by atoms with Gasteiger partial charge in [0.05, 0.1) is 23.6 Å². The van der Waals surface area contributed by atoms with E-state index < -0.39 is 5.97 Å². The van der Waals surface area contributed by atoms with Crippen LogP contribution in [0.4, 0.5) is 0 Å². The lowest BCUT2D eigenvalue weighted by atomic mass is 10.1. The monoisotopic (exact) mass is 267 g/mol. The van der Waals surface area contributed by atoms with Gasteiger partial charge in [0.25, 0.3) is 0 Å². The SMILES string of the molecule is C=C(C(=O)OCC)c1cccc(-c2ccc(C)cc2)n1. The molecule has 0 bridgehead atoms. The number of ether oxygens (including phenoxy) is 1. The maximum Gasteiger partial charge on any atom is 0.339 e. The van der Waals surface area contributed by atoms with Gasteiger partial charge in [-0.1, -0.05) is 42.5 Å². The predicted molar refractivity (Wildman–Crippen MR) is 80.1 cm³/mol. The van der Waals surface area contributed by atoms with Gasteiger partial charge in [-0.15, -0.1) is 0 Å². The van der Waals surface area contributed by atoms with E-state index in [9.17, 15) is 4.79 Å². The van der Waals surface area contributed by atoms with E-state index in [0.717, 1.165) is 11.3 Å². The van der Waals surface area contributed by atoms with E-state index in [1.807, 2.05) is 43.3 Å². The molecule has 2 rings (SSSR count). The Labute approximate surface area is 118 Å². The van der Waals surface area contributed by atoms with Crippen LogP contribution in [0.25, 0.3) is 16.8 Å². The van der Waals surface area contributed by atoms with Crippen LogP contribution in [0.5, 0.6) is 0 Å². The first-order chi connectivity index (χ1) is 9.61. The molecule has 0 aliphatic heterocycles. The summed E-state index contributed by atoms with van der Waals surface area (Å²) in [5.74, 6) is -0.430. The molecule has 0 atom stereocenters. The number of pyridine rings is 1. The van der Waals surface area contributed by atoms with Gasteiger partial charge >= 0.3 is 5.97 Å². The molecule has 3 nitrogen and oxygen atoms in total. The number of hydrogen-bond acceptors (Lipinski definition) is 3. The quantitative estimate of drug-likeness (QED) is 0.627. The van der Waals surface area contributed by atoms with Gasteiger partial charge in [-0.2, -0.15) is 0 Å². The van der Waals surface area contributed by atoms with Gasteiger partial charge in [0.2, 0.25) is 0 Å². The lowest BCUT2D eigenvalue weighted by molar-refractivity contribution is -0.136. The number of nitrogens with zero attached hydrogens (tertiary/aromatic N) is 1. The highest BCUT2D eigenvalue weighted by molar-refractivity contribution is 6.15. The zero-order valence-electron chi connectivity index (χ0n) is 11.7. The van der Waals surface area contributed by atoms with Gasteiger partial charge in [0, 0.05) is 5.56 Å². The van der Waals surface area contributed by atoms with Crippen molar-refractivity contribution in [1.29, 1.82) is 0 Å². The van der Waals surface area contributed by atoms with E-state index in [0.29, 0.717) is 12.3 Å². The number of aromatic nitrogens is 1. The topological polar surface area (TPSA) is 39.2 Å². The van der Waals surface area contributed by atoms with E-state index in [2.05, 4.69) is 11.6 Å². The minimum absolute atomic E-state index is 0.279. The first kappa shape index (κ1) is 14.0. The molecule has 0 fully saturated rings. The molecule has 0 saturated heterocycles. The molecule has 0 unspecified atom stereocenters. The number of esters is 1. The van der Waals surface area contributed by atoms with Crippen molar-refractivity contribution in [3.8, 4) is 11.3 Å². The summed E-state index contributed by atoms with van der Waals surface area (Å²) in [6.45, 7) is 7.89. The van der Waals surface area contributed by atoms with E-state index in [-0.39, 0.29) is 5.57 Å². The molecule has 102 valence electrons. The molecule has 0 N–H and O–H groups in total. The second-order valence-electron chi connectivity index (χ2n) is 4.47. The van der Waals surface area contributed by atoms with Crippen molar-refractivity contribution in [1.82, 2.24) is 4.98 Å². The van der Waals surface area contributed by atoms with E-state index in [4.69, 9.17) is 4.74 Å². The molecule has 1 aromatic heterocycles. The highest BCUT2D eigenvalue weighted by Gasteiger charge is 2.12. The number of benzene rings is 1. The van der Waals surface area contributed by atoms with E-state index in [1.54, 1.807) is 13.0 Å². The Morgan fingerprint density at radius 3 is 2.55 bits per heavy atom. The number of carbonyl (C=O) groups excluding carboxylic acids is 1. The highest BCUT2D eigenvalue weighted by Crippen LogP contribution is 2.20. The minimum atomic E-state index is -0.430. The van der Waals surface area contributed by atoms with Crippen LogP contribution in [0.2, 0.25) is 0 Å². The summed E-state index contributed by atoms with van der Waals surface area (Å²) in [5, 5.41) is 0. The van der Waals surface area contributed by atoms with Crippen molar-refractivity contribution < 1.29 is 9.53 Å². The minimum Gasteiger partial charge on any atom is -0.462 e. The molecule has 0 aliphatic carbocycles. The molecule has 0 aliphatic rings. The lowest BCUT2D eigenvalue weighted by Gasteiger charge is -2.07. The van der Waals surface area contributed by atoms with E-state index >= 15 is 0 Å². The van der Waals surface area contributed by atoms with Gasteiger partial charge in [0.15, 0.2) is 0 Å². The zero-order chi connectivity index (χ0) is 14.5. The molecule has 1 heterocycles. The first-order valence-corrected chi connectivity index (χ1v) is 6.52. The third kappa shape index (κ3) is 3.12. The Morgan fingerprint density at radius 1 is 1.20 bits per heavy atom. The summed E-state index contributed by atoms with van der Waals surface area (Å²) >= 11 is 0. The fourth-order valence-corrected chi connectivity index (χ4v) is 1.81. The van der Waals surface area contributed by atoms with Crippen molar-refractivity contribution in [2.45, 2.75) is 13.8 Å². The molecule has 2 aromatic rings. The van der Waals surface area contributed by atoms with Crippen LogP contribution in [-0.2, 0) is 9.53 Å². The first-order valence-electron chi connectivity index (χ1n) is 6.52. The fraction of sp³-hybridized carbons (Fsp3) is 0.176. The maximum absolute atomic E-state index is 11.7. The van der Waals surface area contributed by atoms with Gasteiger partial charge in [-0.05, 0) is 26.0 Å². The largest absolute Gasteiger partial charge is 0.462 e. The number of hydrogen-bond donors (Lipinski definition) is 0.